The summed E-state index contributed by atoms with van der Waals surface area (Å²) in [4.78, 5) is 11.8. The second kappa shape index (κ2) is 4.78. The Bertz CT molecular complexity index is 585. The van der Waals surface area contributed by atoms with Gasteiger partial charge in [-0.05, 0) is 37.5 Å². The summed E-state index contributed by atoms with van der Waals surface area (Å²) in [5.41, 5.74) is 10.2. The second-order valence-electron chi connectivity index (χ2n) is 4.14. The van der Waals surface area contributed by atoms with Gasteiger partial charge in [-0.25, -0.2) is 4.79 Å². The van der Waals surface area contributed by atoms with Crippen LogP contribution in [-0.2, 0) is 4.74 Å². The Labute approximate surface area is 110 Å². The maximum atomic E-state index is 11.5. The minimum Gasteiger partial charge on any atom is -0.465 e. The average molecular weight is 262 g/mol. The first-order valence-corrected chi connectivity index (χ1v) is 6.22. The van der Waals surface area contributed by atoms with Crippen molar-refractivity contribution in [3.63, 3.8) is 0 Å². The highest BCUT2D eigenvalue weighted by Gasteiger charge is 2.19. The normalized spacial score (nSPS) is 10.4. The van der Waals surface area contributed by atoms with Crippen LogP contribution in [-0.4, -0.2) is 17.5 Å². The van der Waals surface area contributed by atoms with Gasteiger partial charge in [-0.2, -0.15) is 4.37 Å². The molecule has 0 spiro atoms. The van der Waals surface area contributed by atoms with Crippen LogP contribution < -0.4 is 5.73 Å². The number of aryl methyl sites for hydroxylation is 2. The molecule has 1 aromatic heterocycles. The molecule has 1 heterocycles. The van der Waals surface area contributed by atoms with E-state index in [1.54, 1.807) is 0 Å². The SMILES string of the molecule is COC(=O)c1snc(-c2cc(C)cc(C)c2)c1N. The molecule has 2 rings (SSSR count). The third-order valence-electron chi connectivity index (χ3n) is 2.59. The van der Waals surface area contributed by atoms with E-state index in [2.05, 4.69) is 15.2 Å². The van der Waals surface area contributed by atoms with E-state index in [-0.39, 0.29) is 0 Å². The van der Waals surface area contributed by atoms with Gasteiger partial charge in [0.25, 0.3) is 0 Å². The third kappa shape index (κ3) is 2.22. The highest BCUT2D eigenvalue weighted by Crippen LogP contribution is 2.32. The van der Waals surface area contributed by atoms with Crippen LogP contribution in [0.25, 0.3) is 11.3 Å². The average Bonchev–Trinajstić information content (AvgIpc) is 2.69. The molecular formula is C13H14N2O2S. The molecular weight excluding hydrogens is 248 g/mol. The number of anilines is 1. The number of rotatable bonds is 2. The summed E-state index contributed by atoms with van der Waals surface area (Å²) in [7, 11) is 1.33. The zero-order valence-corrected chi connectivity index (χ0v) is 11.3. The maximum absolute atomic E-state index is 11.5. The number of hydrogen-bond donors (Lipinski definition) is 1. The molecule has 18 heavy (non-hydrogen) atoms. The van der Waals surface area contributed by atoms with Crippen molar-refractivity contribution in [1.29, 1.82) is 0 Å². The molecule has 0 radical (unpaired) electrons. The number of methoxy groups -OCH3 is 1. The van der Waals surface area contributed by atoms with Gasteiger partial charge < -0.3 is 10.5 Å². The number of carbonyl (C=O) groups is 1. The first-order chi connectivity index (χ1) is 8.52. The summed E-state index contributed by atoms with van der Waals surface area (Å²) in [6.45, 7) is 4.03. The van der Waals surface area contributed by atoms with E-state index in [1.165, 1.54) is 7.11 Å². The van der Waals surface area contributed by atoms with Crippen molar-refractivity contribution in [2.24, 2.45) is 0 Å². The molecule has 0 aliphatic carbocycles. The zero-order chi connectivity index (χ0) is 13.3. The molecule has 5 heteroatoms. The number of nitrogen functional groups attached to an aromatic ring is 1. The number of hydrogen-bond acceptors (Lipinski definition) is 5. The van der Waals surface area contributed by atoms with Crippen LogP contribution in [0.15, 0.2) is 18.2 Å². The Hall–Kier alpha value is -1.88. The highest BCUT2D eigenvalue weighted by molar-refractivity contribution is 7.09. The van der Waals surface area contributed by atoms with Gasteiger partial charge in [0.2, 0.25) is 0 Å². The van der Waals surface area contributed by atoms with Crippen LogP contribution in [0.5, 0.6) is 0 Å². The van der Waals surface area contributed by atoms with Gasteiger partial charge in [0.15, 0.2) is 4.88 Å². The molecule has 4 nitrogen and oxygen atoms in total. The highest BCUT2D eigenvalue weighted by atomic mass is 32.1. The molecule has 0 amide bonds. The lowest BCUT2D eigenvalue weighted by molar-refractivity contribution is 0.0607. The Morgan fingerprint density at radius 3 is 2.44 bits per heavy atom. The van der Waals surface area contributed by atoms with Crippen molar-refractivity contribution in [3.05, 3.63) is 34.2 Å². The largest absolute Gasteiger partial charge is 0.465 e. The van der Waals surface area contributed by atoms with E-state index in [0.29, 0.717) is 16.3 Å². The van der Waals surface area contributed by atoms with Crippen molar-refractivity contribution in [2.75, 3.05) is 12.8 Å². The van der Waals surface area contributed by atoms with E-state index in [1.807, 2.05) is 26.0 Å². The third-order valence-corrected chi connectivity index (χ3v) is 3.44. The molecule has 2 N–H and O–H groups in total. The van der Waals surface area contributed by atoms with Crippen molar-refractivity contribution in [1.82, 2.24) is 4.37 Å². The summed E-state index contributed by atoms with van der Waals surface area (Å²) in [6.07, 6.45) is 0. The standard InChI is InChI=1S/C13H14N2O2S/c1-7-4-8(2)6-9(5-7)11-10(14)12(18-15-11)13(16)17-3/h4-6H,14H2,1-3H3. The van der Waals surface area contributed by atoms with Crippen molar-refractivity contribution in [3.8, 4) is 11.3 Å². The fourth-order valence-corrected chi connectivity index (χ4v) is 2.60. The Kier molecular flexibility index (Phi) is 3.34. The minimum absolute atomic E-state index is 0.353. The second-order valence-corrected chi connectivity index (χ2v) is 4.92. The first kappa shape index (κ1) is 12.6. The fourth-order valence-electron chi connectivity index (χ4n) is 1.86. The molecule has 0 bridgehead atoms. The summed E-state index contributed by atoms with van der Waals surface area (Å²) >= 11 is 1.07. The van der Waals surface area contributed by atoms with Gasteiger partial charge in [-0.3, -0.25) is 0 Å². The lowest BCUT2D eigenvalue weighted by Crippen LogP contribution is -2.02. The van der Waals surface area contributed by atoms with Gasteiger partial charge >= 0.3 is 5.97 Å². The molecule has 0 saturated heterocycles. The van der Waals surface area contributed by atoms with Gasteiger partial charge in [0, 0.05) is 5.56 Å². The summed E-state index contributed by atoms with van der Waals surface area (Å²) < 4.78 is 8.92. The summed E-state index contributed by atoms with van der Waals surface area (Å²) in [6, 6.07) is 6.08. The van der Waals surface area contributed by atoms with E-state index < -0.39 is 5.97 Å². The maximum Gasteiger partial charge on any atom is 0.351 e. The molecule has 0 saturated carbocycles. The number of carbonyl (C=O) groups excluding carboxylic acids is 1. The molecule has 0 unspecified atom stereocenters. The van der Waals surface area contributed by atoms with Crippen LogP contribution in [0.1, 0.15) is 20.8 Å². The monoisotopic (exact) mass is 262 g/mol. The predicted molar refractivity (Wildman–Crippen MR) is 72.8 cm³/mol. The lowest BCUT2D eigenvalue weighted by atomic mass is 10.0. The smallest absolute Gasteiger partial charge is 0.351 e. The molecule has 0 aliphatic heterocycles. The number of aromatic nitrogens is 1. The predicted octanol–water partition coefficient (Wildman–Crippen LogP) is 2.80. The van der Waals surface area contributed by atoms with Crippen molar-refractivity contribution < 1.29 is 9.53 Å². The van der Waals surface area contributed by atoms with Crippen molar-refractivity contribution in [2.45, 2.75) is 13.8 Å². The topological polar surface area (TPSA) is 65.2 Å². The Balaban J connectivity index is 2.52. The van der Waals surface area contributed by atoms with Crippen LogP contribution in [0.2, 0.25) is 0 Å². The first-order valence-electron chi connectivity index (χ1n) is 5.45. The lowest BCUT2D eigenvalue weighted by Gasteiger charge is -2.03. The molecule has 0 aliphatic rings. The summed E-state index contributed by atoms with van der Waals surface area (Å²) in [5, 5.41) is 0. The molecule has 0 atom stereocenters. The Morgan fingerprint density at radius 1 is 1.28 bits per heavy atom. The van der Waals surface area contributed by atoms with E-state index in [0.717, 1.165) is 28.2 Å². The molecule has 0 fully saturated rings. The van der Waals surface area contributed by atoms with Crippen LogP contribution in [0, 0.1) is 13.8 Å². The van der Waals surface area contributed by atoms with Gasteiger partial charge in [0.05, 0.1) is 12.8 Å². The summed E-state index contributed by atoms with van der Waals surface area (Å²) in [5.74, 6) is -0.444. The number of nitrogens with zero attached hydrogens (tertiary/aromatic N) is 1. The van der Waals surface area contributed by atoms with Crippen LogP contribution in [0.3, 0.4) is 0 Å². The molecule has 2 aromatic rings. The fraction of sp³-hybridized carbons (Fsp3) is 0.231. The Morgan fingerprint density at radius 2 is 1.89 bits per heavy atom. The van der Waals surface area contributed by atoms with Crippen LogP contribution >= 0.6 is 11.5 Å². The van der Waals surface area contributed by atoms with E-state index in [9.17, 15) is 4.79 Å². The van der Waals surface area contributed by atoms with Crippen LogP contribution in [0.4, 0.5) is 5.69 Å². The van der Waals surface area contributed by atoms with E-state index >= 15 is 0 Å². The molecule has 94 valence electrons. The quantitative estimate of drug-likeness (QED) is 0.845. The van der Waals surface area contributed by atoms with Gasteiger partial charge in [-0.15, -0.1) is 0 Å². The van der Waals surface area contributed by atoms with Gasteiger partial charge in [-0.1, -0.05) is 17.2 Å². The number of benzene rings is 1. The van der Waals surface area contributed by atoms with E-state index in [4.69, 9.17) is 5.73 Å². The number of esters is 1. The zero-order valence-electron chi connectivity index (χ0n) is 10.5. The molecule has 1 aromatic carbocycles. The number of ether oxygens (including phenoxy) is 1. The number of nitrogens with two attached hydrogens (primary N) is 1. The van der Waals surface area contributed by atoms with Crippen molar-refractivity contribution >= 4 is 23.2 Å². The van der Waals surface area contributed by atoms with Gasteiger partial charge in [0.1, 0.15) is 5.69 Å². The minimum atomic E-state index is -0.444.